The van der Waals surface area contributed by atoms with Crippen LogP contribution in [-0.4, -0.2) is 38.2 Å². The van der Waals surface area contributed by atoms with Crippen molar-refractivity contribution in [3.8, 4) is 17.1 Å². The fourth-order valence-electron chi connectivity index (χ4n) is 2.90. The molecule has 1 heterocycles. The summed E-state index contributed by atoms with van der Waals surface area (Å²) >= 11 is 6.15. The Morgan fingerprint density at radius 1 is 1.30 bits per heavy atom. The molecule has 1 unspecified atom stereocenters. The summed E-state index contributed by atoms with van der Waals surface area (Å²) in [6, 6.07) is 12.1. The van der Waals surface area contributed by atoms with Crippen LogP contribution in [0.15, 0.2) is 42.5 Å². The van der Waals surface area contributed by atoms with Crippen LogP contribution in [0.3, 0.4) is 0 Å². The number of aromatic nitrogens is 4. The number of aromatic hydroxyl groups is 1. The second-order valence-corrected chi connectivity index (χ2v) is 6.84. The Morgan fingerprint density at radius 3 is 2.85 bits per heavy atom. The first-order chi connectivity index (χ1) is 13.0. The lowest BCUT2D eigenvalue weighted by atomic mass is 9.94. The van der Waals surface area contributed by atoms with Crippen molar-refractivity contribution < 1.29 is 9.90 Å². The number of nitrogens with one attached hydrogen (secondary N) is 2. The van der Waals surface area contributed by atoms with Gasteiger partial charge in [0.2, 0.25) is 5.82 Å². The van der Waals surface area contributed by atoms with Crippen LogP contribution in [0.4, 0.5) is 0 Å². The number of phenolic OH excluding ortho intramolecular Hbond substituents is 1. The van der Waals surface area contributed by atoms with Gasteiger partial charge < -0.3 is 10.4 Å². The normalized spacial score (nSPS) is 11.9. The molecule has 0 radical (unpaired) electrons. The van der Waals surface area contributed by atoms with E-state index in [1.54, 1.807) is 24.3 Å². The molecule has 1 aromatic heterocycles. The average Bonchev–Trinajstić information content (AvgIpc) is 3.16. The molecule has 0 saturated heterocycles. The maximum Gasteiger partial charge on any atom is 0.255 e. The molecule has 2 aromatic carbocycles. The zero-order valence-electron chi connectivity index (χ0n) is 14.8. The van der Waals surface area contributed by atoms with E-state index in [0.717, 1.165) is 24.0 Å². The molecular formula is C19H20ClN5O2. The van der Waals surface area contributed by atoms with Gasteiger partial charge in [-0.1, -0.05) is 30.7 Å². The van der Waals surface area contributed by atoms with E-state index in [2.05, 4.69) is 32.9 Å². The van der Waals surface area contributed by atoms with Crippen molar-refractivity contribution in [3.05, 3.63) is 58.6 Å². The third-order valence-electron chi connectivity index (χ3n) is 4.29. The van der Waals surface area contributed by atoms with Crippen molar-refractivity contribution in [1.82, 2.24) is 25.9 Å². The van der Waals surface area contributed by atoms with E-state index in [4.69, 9.17) is 11.6 Å². The Labute approximate surface area is 161 Å². The molecule has 0 aliphatic rings. The predicted molar refractivity (Wildman–Crippen MR) is 103 cm³/mol. The minimum absolute atomic E-state index is 0.0215. The fraction of sp³-hybridized carbons (Fsp3) is 0.263. The quantitative estimate of drug-likeness (QED) is 0.579. The molecule has 3 N–H and O–H groups in total. The van der Waals surface area contributed by atoms with Gasteiger partial charge in [-0.15, -0.1) is 10.2 Å². The van der Waals surface area contributed by atoms with Crippen molar-refractivity contribution >= 4 is 17.5 Å². The van der Waals surface area contributed by atoms with Gasteiger partial charge >= 0.3 is 0 Å². The van der Waals surface area contributed by atoms with E-state index < -0.39 is 0 Å². The van der Waals surface area contributed by atoms with Crippen LogP contribution in [0, 0.1) is 5.92 Å². The molecule has 1 amide bonds. The number of H-pyrrole nitrogens is 1. The van der Waals surface area contributed by atoms with E-state index in [-0.39, 0.29) is 17.2 Å². The lowest BCUT2D eigenvalue weighted by Crippen LogP contribution is -2.26. The maximum atomic E-state index is 12.1. The standard InChI is InChI=1S/C19H20ClN5O2/c1-12(8-9-21-19(27)16-4-2-3-5-17(16)26)10-13-11-14(20)6-7-15(13)18-22-24-25-23-18/h2-7,11-12,26H,8-10H2,1H3,(H,21,27)(H,22,23,24,25). The zero-order chi connectivity index (χ0) is 19.2. The second-order valence-electron chi connectivity index (χ2n) is 6.41. The van der Waals surface area contributed by atoms with Gasteiger partial charge in [0.25, 0.3) is 5.91 Å². The van der Waals surface area contributed by atoms with Crippen molar-refractivity contribution in [3.63, 3.8) is 0 Å². The van der Waals surface area contributed by atoms with Crippen LogP contribution in [-0.2, 0) is 6.42 Å². The molecule has 7 nitrogen and oxygen atoms in total. The topological polar surface area (TPSA) is 104 Å². The number of benzene rings is 2. The Balaban J connectivity index is 1.59. The third kappa shape index (κ3) is 4.83. The molecule has 3 aromatic rings. The molecule has 27 heavy (non-hydrogen) atoms. The number of hydrogen-bond acceptors (Lipinski definition) is 5. The molecule has 0 aliphatic carbocycles. The highest BCUT2D eigenvalue weighted by Crippen LogP contribution is 2.26. The maximum absolute atomic E-state index is 12.1. The molecule has 3 rings (SSSR count). The van der Waals surface area contributed by atoms with E-state index in [0.29, 0.717) is 23.3 Å². The van der Waals surface area contributed by atoms with E-state index >= 15 is 0 Å². The molecule has 0 bridgehead atoms. The molecule has 0 aliphatic heterocycles. The molecule has 0 spiro atoms. The summed E-state index contributed by atoms with van der Waals surface area (Å²) in [6.07, 6.45) is 1.54. The lowest BCUT2D eigenvalue weighted by molar-refractivity contribution is 0.0949. The number of carbonyl (C=O) groups excluding carboxylic acids is 1. The molecule has 140 valence electrons. The van der Waals surface area contributed by atoms with Gasteiger partial charge in [-0.2, -0.15) is 5.21 Å². The van der Waals surface area contributed by atoms with Gasteiger partial charge in [0.05, 0.1) is 5.56 Å². The smallest absolute Gasteiger partial charge is 0.255 e. The SMILES string of the molecule is CC(CCNC(=O)c1ccccc1O)Cc1cc(Cl)ccc1-c1nn[nH]n1. The van der Waals surface area contributed by atoms with Gasteiger partial charge in [-0.05, 0) is 59.9 Å². The lowest BCUT2D eigenvalue weighted by Gasteiger charge is -2.15. The first-order valence-corrected chi connectivity index (χ1v) is 9.01. The number of phenols is 1. The summed E-state index contributed by atoms with van der Waals surface area (Å²) in [5.74, 6) is 0.516. The van der Waals surface area contributed by atoms with Crippen molar-refractivity contribution in [2.75, 3.05) is 6.54 Å². The highest BCUT2D eigenvalue weighted by Gasteiger charge is 2.14. The number of carbonyl (C=O) groups is 1. The first kappa shape index (κ1) is 18.8. The van der Waals surface area contributed by atoms with Gasteiger partial charge in [0.15, 0.2) is 0 Å². The Hall–Kier alpha value is -2.93. The van der Waals surface area contributed by atoms with Crippen molar-refractivity contribution in [2.45, 2.75) is 19.8 Å². The minimum atomic E-state index is -0.282. The van der Waals surface area contributed by atoms with Crippen LogP contribution < -0.4 is 5.32 Å². The van der Waals surface area contributed by atoms with Crippen molar-refractivity contribution in [1.29, 1.82) is 0 Å². The van der Waals surface area contributed by atoms with Crippen LogP contribution in [0.1, 0.15) is 29.3 Å². The van der Waals surface area contributed by atoms with Crippen LogP contribution >= 0.6 is 11.6 Å². The highest BCUT2D eigenvalue weighted by atomic mass is 35.5. The van der Waals surface area contributed by atoms with Crippen LogP contribution in [0.2, 0.25) is 5.02 Å². The number of nitrogens with zero attached hydrogens (tertiary/aromatic N) is 3. The van der Waals surface area contributed by atoms with Gasteiger partial charge in [-0.3, -0.25) is 4.79 Å². The Kier molecular flexibility index (Phi) is 6.03. The third-order valence-corrected chi connectivity index (χ3v) is 4.53. The monoisotopic (exact) mass is 385 g/mol. The fourth-order valence-corrected chi connectivity index (χ4v) is 3.09. The average molecular weight is 386 g/mol. The number of para-hydroxylation sites is 1. The first-order valence-electron chi connectivity index (χ1n) is 8.63. The van der Waals surface area contributed by atoms with Crippen LogP contribution in [0.25, 0.3) is 11.4 Å². The number of hydrogen-bond donors (Lipinski definition) is 3. The second kappa shape index (κ2) is 8.64. The van der Waals surface area contributed by atoms with Crippen LogP contribution in [0.5, 0.6) is 5.75 Å². The van der Waals surface area contributed by atoms with Crippen molar-refractivity contribution in [2.24, 2.45) is 5.92 Å². The minimum Gasteiger partial charge on any atom is -0.507 e. The van der Waals surface area contributed by atoms with E-state index in [1.165, 1.54) is 6.07 Å². The summed E-state index contributed by atoms with van der Waals surface area (Å²) in [7, 11) is 0. The van der Waals surface area contributed by atoms with E-state index in [9.17, 15) is 9.90 Å². The summed E-state index contributed by atoms with van der Waals surface area (Å²) < 4.78 is 0. The largest absolute Gasteiger partial charge is 0.507 e. The summed E-state index contributed by atoms with van der Waals surface area (Å²) in [6.45, 7) is 2.61. The predicted octanol–water partition coefficient (Wildman–Crippen LogP) is 3.22. The molecular weight excluding hydrogens is 366 g/mol. The Morgan fingerprint density at radius 2 is 2.11 bits per heavy atom. The summed E-state index contributed by atoms with van der Waals surface area (Å²) in [5.41, 5.74) is 2.20. The van der Waals surface area contributed by atoms with Gasteiger partial charge in [0, 0.05) is 17.1 Å². The molecule has 1 atom stereocenters. The number of halogens is 1. The summed E-state index contributed by atoms with van der Waals surface area (Å²) in [4.78, 5) is 12.1. The zero-order valence-corrected chi connectivity index (χ0v) is 15.6. The summed E-state index contributed by atoms with van der Waals surface area (Å²) in [5, 5.41) is 27.4. The van der Waals surface area contributed by atoms with Gasteiger partial charge in [0.1, 0.15) is 5.75 Å². The number of aromatic amines is 1. The molecule has 0 saturated carbocycles. The Bertz CT molecular complexity index is 914. The number of amides is 1. The molecule has 0 fully saturated rings. The highest BCUT2D eigenvalue weighted by molar-refractivity contribution is 6.30. The number of tetrazole rings is 1. The molecule has 8 heteroatoms. The number of rotatable bonds is 7. The van der Waals surface area contributed by atoms with Gasteiger partial charge in [-0.25, -0.2) is 0 Å². The van der Waals surface area contributed by atoms with E-state index in [1.807, 2.05) is 12.1 Å².